The van der Waals surface area contributed by atoms with Gasteiger partial charge in [-0.1, -0.05) is 24.7 Å². The van der Waals surface area contributed by atoms with E-state index in [1.54, 1.807) is 18.6 Å². The number of nitrogens with one attached hydrogen (secondary N) is 2. The molecule has 2 aromatic heterocycles. The van der Waals surface area contributed by atoms with Gasteiger partial charge in [0.25, 0.3) is 5.91 Å². The first-order valence-electron chi connectivity index (χ1n) is 10.7. The van der Waals surface area contributed by atoms with Crippen LogP contribution in [0, 0.1) is 24.7 Å². The predicted octanol–water partition coefficient (Wildman–Crippen LogP) is 3.19. The fourth-order valence-corrected chi connectivity index (χ4v) is 3.63. The molecule has 6 nitrogen and oxygen atoms in total. The minimum absolute atomic E-state index is 0.181. The molecule has 2 atom stereocenters. The van der Waals surface area contributed by atoms with Crippen molar-refractivity contribution in [2.75, 3.05) is 5.32 Å². The van der Waals surface area contributed by atoms with Gasteiger partial charge in [0.1, 0.15) is 0 Å². The first kappa shape index (κ1) is 20.4. The number of aliphatic hydroxyl groups is 1. The van der Waals surface area contributed by atoms with E-state index in [-0.39, 0.29) is 11.9 Å². The summed E-state index contributed by atoms with van der Waals surface area (Å²) in [6.45, 7) is 2.46. The van der Waals surface area contributed by atoms with Crippen molar-refractivity contribution < 1.29 is 9.90 Å². The molecule has 30 heavy (non-hydrogen) atoms. The maximum absolute atomic E-state index is 12.7. The van der Waals surface area contributed by atoms with Gasteiger partial charge in [-0.2, -0.15) is 0 Å². The van der Waals surface area contributed by atoms with E-state index in [2.05, 4.69) is 32.4 Å². The van der Waals surface area contributed by atoms with E-state index in [4.69, 9.17) is 0 Å². The summed E-state index contributed by atoms with van der Waals surface area (Å²) in [6.07, 6.45) is 10.7. The van der Waals surface area contributed by atoms with Crippen molar-refractivity contribution in [3.63, 3.8) is 0 Å². The highest BCUT2D eigenvalue weighted by atomic mass is 16.3. The van der Waals surface area contributed by atoms with Crippen LogP contribution in [-0.2, 0) is 6.54 Å². The van der Waals surface area contributed by atoms with Gasteiger partial charge in [-0.25, -0.2) is 0 Å². The zero-order valence-electron chi connectivity index (χ0n) is 17.3. The van der Waals surface area contributed by atoms with E-state index in [1.807, 2.05) is 19.1 Å². The summed E-state index contributed by atoms with van der Waals surface area (Å²) in [4.78, 5) is 21.3. The Hall–Kier alpha value is -2.91. The molecule has 3 N–H and O–H groups in total. The number of aromatic nitrogens is 2. The molecule has 1 amide bonds. The molecule has 2 fully saturated rings. The van der Waals surface area contributed by atoms with E-state index < -0.39 is 6.10 Å². The molecular formula is C24H28N4O2. The summed E-state index contributed by atoms with van der Waals surface area (Å²) in [5, 5.41) is 16.4. The van der Waals surface area contributed by atoms with Crippen LogP contribution in [0.25, 0.3) is 0 Å². The van der Waals surface area contributed by atoms with Crippen molar-refractivity contribution in [1.29, 1.82) is 0 Å². The van der Waals surface area contributed by atoms with Crippen molar-refractivity contribution >= 4 is 11.6 Å². The van der Waals surface area contributed by atoms with Crippen LogP contribution < -0.4 is 10.6 Å². The molecule has 0 unspecified atom stereocenters. The van der Waals surface area contributed by atoms with Crippen molar-refractivity contribution in [2.24, 2.45) is 5.92 Å². The third-order valence-electron chi connectivity index (χ3n) is 5.72. The lowest BCUT2D eigenvalue weighted by Crippen LogP contribution is -2.45. The normalized spacial score (nSPS) is 20.7. The van der Waals surface area contributed by atoms with E-state index in [9.17, 15) is 9.90 Å². The second-order valence-corrected chi connectivity index (χ2v) is 8.26. The van der Waals surface area contributed by atoms with E-state index in [0.717, 1.165) is 48.2 Å². The Morgan fingerprint density at radius 3 is 2.80 bits per heavy atom. The lowest BCUT2D eigenvalue weighted by atomic mass is 9.92. The Labute approximate surface area is 177 Å². The van der Waals surface area contributed by atoms with E-state index in [1.165, 1.54) is 12.8 Å². The molecule has 156 valence electrons. The summed E-state index contributed by atoms with van der Waals surface area (Å²) in [7, 11) is 0. The van der Waals surface area contributed by atoms with Crippen molar-refractivity contribution in [3.05, 3.63) is 53.1 Å². The number of carbonyl (C=O) groups excluding carboxylic acids is 1. The second-order valence-electron chi connectivity index (χ2n) is 8.26. The molecule has 2 heterocycles. The molecule has 2 aromatic rings. The smallest absolute Gasteiger partial charge is 0.253 e. The highest BCUT2D eigenvalue weighted by molar-refractivity contribution is 5.94. The van der Waals surface area contributed by atoms with Gasteiger partial charge in [-0.3, -0.25) is 14.8 Å². The van der Waals surface area contributed by atoms with Gasteiger partial charge in [0, 0.05) is 36.1 Å². The average Bonchev–Trinajstić information content (AvgIpc) is 3.58. The molecule has 0 bridgehead atoms. The lowest BCUT2D eigenvalue weighted by Gasteiger charge is -2.28. The quantitative estimate of drug-likeness (QED) is 0.666. The number of carbonyl (C=O) groups is 1. The second kappa shape index (κ2) is 9.27. The topological polar surface area (TPSA) is 87.1 Å². The summed E-state index contributed by atoms with van der Waals surface area (Å²) < 4.78 is 0. The molecular weight excluding hydrogens is 376 g/mol. The summed E-state index contributed by atoms with van der Waals surface area (Å²) in [5.74, 6) is 6.80. The van der Waals surface area contributed by atoms with Crippen LogP contribution in [0.1, 0.15) is 65.7 Å². The van der Waals surface area contributed by atoms with Crippen molar-refractivity contribution in [2.45, 2.75) is 64.1 Å². The van der Waals surface area contributed by atoms with Crippen LogP contribution >= 0.6 is 0 Å². The van der Waals surface area contributed by atoms with E-state index in [0.29, 0.717) is 18.0 Å². The third kappa shape index (κ3) is 5.37. The molecule has 0 aliphatic heterocycles. The highest BCUT2D eigenvalue weighted by Crippen LogP contribution is 2.27. The molecule has 0 spiro atoms. The Morgan fingerprint density at radius 1 is 1.17 bits per heavy atom. The van der Waals surface area contributed by atoms with Gasteiger partial charge in [-0.05, 0) is 50.3 Å². The number of hydrogen-bond acceptors (Lipinski definition) is 5. The minimum Gasteiger partial charge on any atom is -0.391 e. The zero-order valence-corrected chi connectivity index (χ0v) is 17.3. The third-order valence-corrected chi connectivity index (χ3v) is 5.72. The van der Waals surface area contributed by atoms with Crippen molar-refractivity contribution in [3.8, 4) is 11.8 Å². The minimum atomic E-state index is -0.468. The van der Waals surface area contributed by atoms with Gasteiger partial charge < -0.3 is 15.7 Å². The van der Waals surface area contributed by atoms with E-state index >= 15 is 0 Å². The van der Waals surface area contributed by atoms with Crippen LogP contribution in [0.2, 0.25) is 0 Å². The SMILES string of the molecule is Cc1ncc(C(=O)N[C@H]2CCCC[C@@H]2O)cc1CNc1cncc(C#CC2CC2)c1. The standard InChI is InChI=1S/C24H28N4O2/c1-16-19(13-27-21-10-18(12-25-15-21)9-8-17-6-7-17)11-20(14-26-16)24(30)28-22-4-2-3-5-23(22)29/h10-12,14-15,17,22-23,27,29H,2-7,13H2,1H3,(H,28,30)/t22-,23-/m0/s1. The first-order chi connectivity index (χ1) is 14.6. The molecule has 0 saturated heterocycles. The molecule has 2 aliphatic carbocycles. The van der Waals surface area contributed by atoms with Gasteiger partial charge >= 0.3 is 0 Å². The number of pyridine rings is 2. The number of amides is 1. The molecule has 2 saturated carbocycles. The van der Waals surface area contributed by atoms with Gasteiger partial charge in [0.15, 0.2) is 0 Å². The molecule has 6 heteroatoms. The summed E-state index contributed by atoms with van der Waals surface area (Å²) in [5.41, 5.74) is 4.12. The number of anilines is 1. The summed E-state index contributed by atoms with van der Waals surface area (Å²) in [6, 6.07) is 3.68. The van der Waals surface area contributed by atoms with Gasteiger partial charge in [-0.15, -0.1) is 0 Å². The molecule has 0 aromatic carbocycles. The lowest BCUT2D eigenvalue weighted by molar-refractivity contribution is 0.0717. The molecule has 4 rings (SSSR count). The monoisotopic (exact) mass is 404 g/mol. The predicted molar refractivity (Wildman–Crippen MR) is 116 cm³/mol. The van der Waals surface area contributed by atoms with Gasteiger partial charge in [0.05, 0.1) is 29.6 Å². The first-order valence-corrected chi connectivity index (χ1v) is 10.7. The van der Waals surface area contributed by atoms with Crippen LogP contribution in [0.4, 0.5) is 5.69 Å². The maximum Gasteiger partial charge on any atom is 0.253 e. The number of rotatable bonds is 5. The largest absolute Gasteiger partial charge is 0.391 e. The average molecular weight is 405 g/mol. The fourth-order valence-electron chi connectivity index (χ4n) is 3.63. The zero-order chi connectivity index (χ0) is 20.9. The Kier molecular flexibility index (Phi) is 6.29. The van der Waals surface area contributed by atoms with Crippen molar-refractivity contribution in [1.82, 2.24) is 15.3 Å². The van der Waals surface area contributed by atoms with Gasteiger partial charge in [0.2, 0.25) is 0 Å². The van der Waals surface area contributed by atoms with Crippen LogP contribution in [0.15, 0.2) is 30.7 Å². The highest BCUT2D eigenvalue weighted by Gasteiger charge is 2.25. The number of aliphatic hydroxyl groups excluding tert-OH is 1. The summed E-state index contributed by atoms with van der Waals surface area (Å²) >= 11 is 0. The number of aryl methyl sites for hydroxylation is 1. The Morgan fingerprint density at radius 2 is 2.00 bits per heavy atom. The van der Waals surface area contributed by atoms with Crippen LogP contribution in [0.3, 0.4) is 0 Å². The Balaban J connectivity index is 1.40. The molecule has 2 aliphatic rings. The number of nitrogens with zero attached hydrogens (tertiary/aromatic N) is 2. The Bertz CT molecular complexity index is 975. The number of hydrogen-bond donors (Lipinski definition) is 3. The van der Waals surface area contributed by atoms with Crippen LogP contribution in [0.5, 0.6) is 0 Å². The maximum atomic E-state index is 12.7. The van der Waals surface area contributed by atoms with Crippen LogP contribution in [-0.4, -0.2) is 33.1 Å². The molecule has 0 radical (unpaired) electrons. The fraction of sp³-hybridized carbons (Fsp3) is 0.458.